The summed E-state index contributed by atoms with van der Waals surface area (Å²) in [5, 5.41) is 0. The molecular formula is C12H8BrF4N3. The van der Waals surface area contributed by atoms with Crippen molar-refractivity contribution in [3.63, 3.8) is 0 Å². The van der Waals surface area contributed by atoms with Crippen molar-refractivity contribution in [1.82, 2.24) is 9.97 Å². The van der Waals surface area contributed by atoms with E-state index in [2.05, 4.69) is 25.9 Å². The van der Waals surface area contributed by atoms with Crippen LogP contribution in [-0.4, -0.2) is 9.97 Å². The highest BCUT2D eigenvalue weighted by molar-refractivity contribution is 9.10. The molecule has 0 fully saturated rings. The quantitative estimate of drug-likeness (QED) is 0.793. The number of aryl methyl sites for hydroxylation is 1. The van der Waals surface area contributed by atoms with Crippen molar-refractivity contribution in [1.29, 1.82) is 0 Å². The molecule has 20 heavy (non-hydrogen) atoms. The van der Waals surface area contributed by atoms with Crippen molar-refractivity contribution in [3.8, 4) is 11.4 Å². The smallest absolute Gasteiger partial charge is 0.383 e. The summed E-state index contributed by atoms with van der Waals surface area (Å²) in [4.78, 5) is 7.75. The second kappa shape index (κ2) is 5.01. The van der Waals surface area contributed by atoms with Gasteiger partial charge in [-0.25, -0.2) is 14.4 Å². The summed E-state index contributed by atoms with van der Waals surface area (Å²) < 4.78 is 52.3. The van der Waals surface area contributed by atoms with Gasteiger partial charge in [-0.1, -0.05) is 0 Å². The molecule has 2 N–H and O–H groups in total. The van der Waals surface area contributed by atoms with Gasteiger partial charge >= 0.3 is 6.18 Å². The normalized spacial score (nSPS) is 11.7. The Morgan fingerprint density at radius 1 is 1.20 bits per heavy atom. The van der Waals surface area contributed by atoms with Gasteiger partial charge in [-0.05, 0) is 41.1 Å². The molecule has 0 bridgehead atoms. The molecule has 0 atom stereocenters. The molecular weight excluding hydrogens is 342 g/mol. The van der Waals surface area contributed by atoms with Gasteiger partial charge in [-0.3, -0.25) is 0 Å². The fourth-order valence-corrected chi connectivity index (χ4v) is 1.83. The van der Waals surface area contributed by atoms with Gasteiger partial charge in [0, 0.05) is 5.56 Å². The van der Waals surface area contributed by atoms with E-state index in [1.807, 2.05) is 0 Å². The molecule has 2 aromatic rings. The van der Waals surface area contributed by atoms with Gasteiger partial charge in [0.05, 0.1) is 15.7 Å². The van der Waals surface area contributed by atoms with E-state index in [1.54, 1.807) is 6.92 Å². The molecule has 0 saturated carbocycles. The van der Waals surface area contributed by atoms with Crippen LogP contribution in [-0.2, 0) is 6.18 Å². The highest BCUT2D eigenvalue weighted by Gasteiger charge is 2.35. The van der Waals surface area contributed by atoms with E-state index in [0.29, 0.717) is 16.2 Å². The Hall–Kier alpha value is -1.70. The van der Waals surface area contributed by atoms with Gasteiger partial charge in [-0.15, -0.1) is 0 Å². The van der Waals surface area contributed by atoms with Crippen LogP contribution in [0.15, 0.2) is 22.7 Å². The molecule has 0 aliphatic heterocycles. The lowest BCUT2D eigenvalue weighted by Crippen LogP contribution is -2.10. The van der Waals surface area contributed by atoms with Crippen LogP contribution < -0.4 is 5.73 Å². The number of alkyl halides is 3. The van der Waals surface area contributed by atoms with Crippen molar-refractivity contribution < 1.29 is 17.6 Å². The van der Waals surface area contributed by atoms with Gasteiger partial charge in [0.1, 0.15) is 11.6 Å². The lowest BCUT2D eigenvalue weighted by atomic mass is 10.1. The molecule has 0 amide bonds. The molecule has 0 aliphatic carbocycles. The van der Waals surface area contributed by atoms with Crippen molar-refractivity contribution in [2.45, 2.75) is 13.1 Å². The Morgan fingerprint density at radius 2 is 1.85 bits per heavy atom. The molecule has 0 saturated heterocycles. The van der Waals surface area contributed by atoms with Crippen LogP contribution in [0.5, 0.6) is 0 Å². The first-order valence-electron chi connectivity index (χ1n) is 5.37. The largest absolute Gasteiger partial charge is 0.417 e. The standard InChI is InChI=1S/C12H8BrF4N3/c1-5-9(13)10(18)20-11(19-5)7-3-2-6(14)4-8(7)12(15,16)17/h2-4H,1H3,(H2,18,19,20). The average molecular weight is 350 g/mol. The Kier molecular flexibility index (Phi) is 3.68. The summed E-state index contributed by atoms with van der Waals surface area (Å²) in [5.74, 6) is -1.16. The zero-order valence-electron chi connectivity index (χ0n) is 10.1. The van der Waals surface area contributed by atoms with E-state index >= 15 is 0 Å². The Morgan fingerprint density at radius 3 is 2.40 bits per heavy atom. The molecule has 0 aliphatic rings. The third-order valence-electron chi connectivity index (χ3n) is 2.57. The van der Waals surface area contributed by atoms with Crippen molar-refractivity contribution in [2.75, 3.05) is 5.73 Å². The van der Waals surface area contributed by atoms with E-state index in [0.717, 1.165) is 12.1 Å². The molecule has 106 valence electrons. The topological polar surface area (TPSA) is 51.8 Å². The van der Waals surface area contributed by atoms with Crippen molar-refractivity contribution in [2.24, 2.45) is 0 Å². The SMILES string of the molecule is Cc1nc(-c2ccc(F)cc2C(F)(F)F)nc(N)c1Br. The van der Waals surface area contributed by atoms with E-state index in [9.17, 15) is 17.6 Å². The second-order valence-electron chi connectivity index (χ2n) is 4.02. The van der Waals surface area contributed by atoms with Crippen LogP contribution in [0.1, 0.15) is 11.3 Å². The summed E-state index contributed by atoms with van der Waals surface area (Å²) in [5.41, 5.74) is 4.53. The number of halogens is 5. The third kappa shape index (κ3) is 2.74. The van der Waals surface area contributed by atoms with Crippen LogP contribution in [0.3, 0.4) is 0 Å². The van der Waals surface area contributed by atoms with Crippen LogP contribution in [0.4, 0.5) is 23.4 Å². The first-order valence-corrected chi connectivity index (χ1v) is 6.16. The number of hydrogen-bond acceptors (Lipinski definition) is 3. The van der Waals surface area contributed by atoms with Gasteiger partial charge in [-0.2, -0.15) is 13.2 Å². The van der Waals surface area contributed by atoms with E-state index in [1.165, 1.54) is 0 Å². The lowest BCUT2D eigenvalue weighted by Gasteiger charge is -2.13. The minimum absolute atomic E-state index is 0.0185. The number of aromatic nitrogens is 2. The van der Waals surface area contributed by atoms with Crippen molar-refractivity contribution in [3.05, 3.63) is 39.7 Å². The summed E-state index contributed by atoms with van der Waals surface area (Å²) >= 11 is 3.12. The van der Waals surface area contributed by atoms with Crippen LogP contribution in [0.2, 0.25) is 0 Å². The predicted octanol–water partition coefficient (Wildman–Crippen LogP) is 3.95. The number of benzene rings is 1. The van der Waals surface area contributed by atoms with Crippen LogP contribution >= 0.6 is 15.9 Å². The number of nitrogens with two attached hydrogens (primary N) is 1. The Labute approximate surface area is 120 Å². The first kappa shape index (κ1) is 14.7. The predicted molar refractivity (Wildman–Crippen MR) is 69.3 cm³/mol. The maximum Gasteiger partial charge on any atom is 0.417 e. The van der Waals surface area contributed by atoms with Crippen molar-refractivity contribution >= 4 is 21.7 Å². The number of rotatable bonds is 1. The average Bonchev–Trinajstić information content (AvgIpc) is 2.34. The highest BCUT2D eigenvalue weighted by Crippen LogP contribution is 2.37. The minimum atomic E-state index is -4.71. The molecule has 1 heterocycles. The number of hydrogen-bond donors (Lipinski definition) is 1. The Balaban J connectivity index is 2.70. The van der Waals surface area contributed by atoms with E-state index in [4.69, 9.17) is 5.73 Å². The third-order valence-corrected chi connectivity index (χ3v) is 3.55. The fourth-order valence-electron chi connectivity index (χ4n) is 1.65. The summed E-state index contributed by atoms with van der Waals surface area (Å²) in [7, 11) is 0. The highest BCUT2D eigenvalue weighted by atomic mass is 79.9. The number of anilines is 1. The minimum Gasteiger partial charge on any atom is -0.383 e. The lowest BCUT2D eigenvalue weighted by molar-refractivity contribution is -0.137. The summed E-state index contributed by atoms with van der Waals surface area (Å²) in [6.45, 7) is 1.57. The van der Waals surface area contributed by atoms with E-state index in [-0.39, 0.29) is 17.2 Å². The fraction of sp³-hybridized carbons (Fsp3) is 0.167. The molecule has 0 radical (unpaired) electrons. The van der Waals surface area contributed by atoms with Gasteiger partial charge in [0.2, 0.25) is 0 Å². The first-order chi connectivity index (χ1) is 9.20. The van der Waals surface area contributed by atoms with Gasteiger partial charge < -0.3 is 5.73 Å². The molecule has 1 aromatic carbocycles. The van der Waals surface area contributed by atoms with E-state index < -0.39 is 17.6 Å². The van der Waals surface area contributed by atoms with Crippen LogP contribution in [0, 0.1) is 12.7 Å². The Bertz CT molecular complexity index is 647. The number of nitrogens with zero attached hydrogens (tertiary/aromatic N) is 2. The number of nitrogen functional groups attached to an aromatic ring is 1. The molecule has 3 nitrogen and oxygen atoms in total. The molecule has 0 unspecified atom stereocenters. The van der Waals surface area contributed by atoms with Gasteiger partial charge in [0.25, 0.3) is 0 Å². The summed E-state index contributed by atoms with van der Waals surface area (Å²) in [6, 6.07) is 2.31. The molecule has 8 heteroatoms. The molecule has 0 spiro atoms. The monoisotopic (exact) mass is 349 g/mol. The second-order valence-corrected chi connectivity index (χ2v) is 4.81. The maximum atomic E-state index is 13.0. The zero-order chi connectivity index (χ0) is 15.1. The summed E-state index contributed by atoms with van der Waals surface area (Å²) in [6.07, 6.45) is -4.71. The zero-order valence-corrected chi connectivity index (χ0v) is 11.7. The maximum absolute atomic E-state index is 13.0. The molecule has 1 aromatic heterocycles. The van der Waals surface area contributed by atoms with Gasteiger partial charge in [0.15, 0.2) is 5.82 Å². The van der Waals surface area contributed by atoms with Crippen LogP contribution in [0.25, 0.3) is 11.4 Å². The molecule has 2 rings (SSSR count).